The van der Waals surface area contributed by atoms with Gasteiger partial charge in [0.25, 0.3) is 11.1 Å². The topological polar surface area (TPSA) is 81.3 Å². The van der Waals surface area contributed by atoms with Crippen LogP contribution in [0, 0.1) is 0 Å². The average molecular weight is 260 g/mol. The number of aliphatic carboxylic acids is 1. The first-order valence-corrected chi connectivity index (χ1v) is 6.08. The van der Waals surface area contributed by atoms with Gasteiger partial charge in [0.2, 0.25) is 0 Å². The van der Waals surface area contributed by atoms with Gasteiger partial charge in [-0.3, -0.25) is 9.59 Å². The van der Waals surface area contributed by atoms with E-state index in [9.17, 15) is 19.5 Å². The van der Waals surface area contributed by atoms with Crippen molar-refractivity contribution in [2.75, 3.05) is 0 Å². The molecular weight excluding hydrogens is 248 g/mol. The van der Waals surface area contributed by atoms with E-state index in [0.29, 0.717) is 24.8 Å². The Labute approximate surface area is 107 Å². The summed E-state index contributed by atoms with van der Waals surface area (Å²) in [5.74, 6) is -1.08. The van der Waals surface area contributed by atoms with Crippen LogP contribution in [0.4, 0.5) is 0 Å². The van der Waals surface area contributed by atoms with Crippen LogP contribution in [0.25, 0.3) is 10.8 Å². The van der Waals surface area contributed by atoms with Gasteiger partial charge >= 0.3 is 5.97 Å². The van der Waals surface area contributed by atoms with E-state index in [0.717, 1.165) is 4.68 Å². The van der Waals surface area contributed by atoms with E-state index < -0.39 is 17.6 Å². The van der Waals surface area contributed by atoms with Gasteiger partial charge in [-0.2, -0.15) is 0 Å². The Morgan fingerprint density at radius 3 is 2.42 bits per heavy atom. The fourth-order valence-electron chi connectivity index (χ4n) is 2.63. The summed E-state index contributed by atoms with van der Waals surface area (Å²) in [6, 6.07) is 5.55. The lowest BCUT2D eigenvalue weighted by Gasteiger charge is -2.26. The first kappa shape index (κ1) is 11.7. The molecule has 1 aromatic carbocycles. The minimum atomic E-state index is -1.08. The molecule has 0 radical (unpaired) electrons. The largest absolute Gasteiger partial charge is 0.480 e. The maximum absolute atomic E-state index is 12.4. The first-order valence-electron chi connectivity index (χ1n) is 6.08. The van der Waals surface area contributed by atoms with Crippen molar-refractivity contribution in [3.05, 3.63) is 45.0 Å². The second kappa shape index (κ2) is 4.08. The molecule has 1 aliphatic rings. The SMILES string of the molecule is O=C(O)C1CCCn2c(=O)c3ccccc3c(=O)n21. The smallest absolute Gasteiger partial charge is 0.328 e. The zero-order valence-electron chi connectivity index (χ0n) is 10.1. The van der Waals surface area contributed by atoms with Crippen molar-refractivity contribution >= 4 is 16.7 Å². The molecule has 3 rings (SSSR count). The Morgan fingerprint density at radius 1 is 1.16 bits per heavy atom. The maximum Gasteiger partial charge on any atom is 0.328 e. The lowest BCUT2D eigenvalue weighted by atomic mass is 10.1. The van der Waals surface area contributed by atoms with Crippen LogP contribution in [0.15, 0.2) is 33.9 Å². The zero-order valence-corrected chi connectivity index (χ0v) is 10.1. The van der Waals surface area contributed by atoms with E-state index in [1.807, 2.05) is 0 Å². The summed E-state index contributed by atoms with van der Waals surface area (Å²) >= 11 is 0. The molecule has 6 heteroatoms. The third-order valence-electron chi connectivity index (χ3n) is 3.52. The summed E-state index contributed by atoms with van der Waals surface area (Å²) in [4.78, 5) is 35.9. The lowest BCUT2D eigenvalue weighted by Crippen LogP contribution is -2.45. The molecule has 19 heavy (non-hydrogen) atoms. The number of benzene rings is 1. The molecule has 2 heterocycles. The normalized spacial score (nSPS) is 18.2. The summed E-state index contributed by atoms with van der Waals surface area (Å²) < 4.78 is 2.35. The van der Waals surface area contributed by atoms with Gasteiger partial charge in [-0.05, 0) is 25.0 Å². The van der Waals surface area contributed by atoms with Crippen LogP contribution in [0.1, 0.15) is 18.9 Å². The third-order valence-corrected chi connectivity index (χ3v) is 3.52. The van der Waals surface area contributed by atoms with Gasteiger partial charge in [0, 0.05) is 6.54 Å². The van der Waals surface area contributed by atoms with E-state index in [4.69, 9.17) is 0 Å². The average Bonchev–Trinajstić information content (AvgIpc) is 2.44. The van der Waals surface area contributed by atoms with Crippen molar-refractivity contribution in [3.8, 4) is 0 Å². The number of aromatic nitrogens is 2. The Balaban J connectivity index is 2.47. The maximum atomic E-state index is 12.4. The fourth-order valence-corrected chi connectivity index (χ4v) is 2.63. The molecule has 0 spiro atoms. The van der Waals surface area contributed by atoms with Gasteiger partial charge in [0.15, 0.2) is 6.04 Å². The van der Waals surface area contributed by atoms with Gasteiger partial charge < -0.3 is 5.11 Å². The van der Waals surface area contributed by atoms with E-state index in [1.165, 1.54) is 4.68 Å². The molecule has 1 aliphatic heterocycles. The third kappa shape index (κ3) is 1.60. The number of hydrogen-bond donors (Lipinski definition) is 1. The molecule has 0 aliphatic carbocycles. The quantitative estimate of drug-likeness (QED) is 0.813. The Kier molecular flexibility index (Phi) is 2.51. The molecule has 1 unspecified atom stereocenters. The van der Waals surface area contributed by atoms with E-state index in [-0.39, 0.29) is 10.9 Å². The minimum absolute atomic E-state index is 0.275. The van der Waals surface area contributed by atoms with Gasteiger partial charge in [-0.1, -0.05) is 12.1 Å². The summed E-state index contributed by atoms with van der Waals surface area (Å²) in [7, 11) is 0. The number of fused-ring (bicyclic) bond motifs is 2. The van der Waals surface area contributed by atoms with E-state index >= 15 is 0 Å². The summed E-state index contributed by atoms with van der Waals surface area (Å²) in [5.41, 5.74) is -0.719. The van der Waals surface area contributed by atoms with Gasteiger partial charge in [0.05, 0.1) is 10.8 Å². The lowest BCUT2D eigenvalue weighted by molar-refractivity contribution is -0.142. The second-order valence-electron chi connectivity index (χ2n) is 4.62. The number of rotatable bonds is 1. The summed E-state index contributed by atoms with van der Waals surface area (Å²) in [5, 5.41) is 9.81. The summed E-state index contributed by atoms with van der Waals surface area (Å²) in [6.45, 7) is 0.378. The predicted molar refractivity (Wildman–Crippen MR) is 68.4 cm³/mol. The minimum Gasteiger partial charge on any atom is -0.480 e. The molecule has 0 amide bonds. The molecule has 0 saturated heterocycles. The highest BCUT2D eigenvalue weighted by Gasteiger charge is 2.28. The molecule has 2 aromatic rings. The molecule has 6 nitrogen and oxygen atoms in total. The molecule has 0 saturated carbocycles. The fraction of sp³-hybridized carbons (Fsp3) is 0.308. The predicted octanol–water partition coefficient (Wildman–Crippen LogP) is 0.583. The van der Waals surface area contributed by atoms with E-state index in [1.54, 1.807) is 24.3 Å². The van der Waals surface area contributed by atoms with Crippen molar-refractivity contribution in [1.82, 2.24) is 9.36 Å². The van der Waals surface area contributed by atoms with Crippen molar-refractivity contribution in [1.29, 1.82) is 0 Å². The van der Waals surface area contributed by atoms with Gasteiger partial charge in [-0.15, -0.1) is 0 Å². The monoisotopic (exact) mass is 260 g/mol. The molecular formula is C13H12N2O4. The number of carboxylic acids is 1. The van der Waals surface area contributed by atoms with Crippen LogP contribution in [0.3, 0.4) is 0 Å². The van der Waals surface area contributed by atoms with E-state index in [2.05, 4.69) is 0 Å². The number of nitrogens with zero attached hydrogens (tertiary/aromatic N) is 2. The van der Waals surface area contributed by atoms with Crippen LogP contribution in [0.2, 0.25) is 0 Å². The first-order chi connectivity index (χ1) is 9.11. The Morgan fingerprint density at radius 2 is 1.79 bits per heavy atom. The second-order valence-corrected chi connectivity index (χ2v) is 4.62. The molecule has 0 fully saturated rings. The van der Waals surface area contributed by atoms with Crippen LogP contribution in [-0.2, 0) is 11.3 Å². The van der Waals surface area contributed by atoms with Gasteiger partial charge in [0.1, 0.15) is 0 Å². The zero-order chi connectivity index (χ0) is 13.6. The Hall–Kier alpha value is -2.37. The van der Waals surface area contributed by atoms with Crippen molar-refractivity contribution in [2.24, 2.45) is 0 Å². The van der Waals surface area contributed by atoms with Crippen molar-refractivity contribution in [2.45, 2.75) is 25.4 Å². The summed E-state index contributed by atoms with van der Waals surface area (Å²) in [6.07, 6.45) is 0.946. The van der Waals surface area contributed by atoms with Gasteiger partial charge in [-0.25, -0.2) is 14.2 Å². The molecule has 1 N–H and O–H groups in total. The standard InChI is InChI=1S/C13H12N2O4/c16-11-8-4-1-2-5-9(8)12(17)15-10(13(18)19)6-3-7-14(11)15/h1-2,4-5,10H,3,6-7H2,(H,18,19). The highest BCUT2D eigenvalue weighted by molar-refractivity contribution is 5.81. The van der Waals surface area contributed by atoms with Crippen LogP contribution in [0.5, 0.6) is 0 Å². The number of carboxylic acid groups (broad SMARTS) is 1. The molecule has 98 valence electrons. The number of carbonyl (C=O) groups is 1. The highest BCUT2D eigenvalue weighted by atomic mass is 16.4. The Bertz CT molecular complexity index is 787. The van der Waals surface area contributed by atoms with Crippen molar-refractivity contribution < 1.29 is 9.90 Å². The molecule has 1 aromatic heterocycles. The van der Waals surface area contributed by atoms with Crippen LogP contribution < -0.4 is 11.1 Å². The van der Waals surface area contributed by atoms with Crippen LogP contribution >= 0.6 is 0 Å². The number of hydrogen-bond acceptors (Lipinski definition) is 3. The molecule has 1 atom stereocenters. The molecule has 0 bridgehead atoms. The van der Waals surface area contributed by atoms with Crippen LogP contribution in [-0.4, -0.2) is 20.4 Å². The van der Waals surface area contributed by atoms with Crippen molar-refractivity contribution in [3.63, 3.8) is 0 Å². The highest BCUT2D eigenvalue weighted by Crippen LogP contribution is 2.18.